The molecule has 0 radical (unpaired) electrons. The van der Waals surface area contributed by atoms with E-state index in [4.69, 9.17) is 0 Å². The molecule has 1 aliphatic rings. The van der Waals surface area contributed by atoms with Gasteiger partial charge in [-0.1, -0.05) is 30.5 Å². The highest BCUT2D eigenvalue weighted by Gasteiger charge is 2.21. The monoisotopic (exact) mass is 245 g/mol. The summed E-state index contributed by atoms with van der Waals surface area (Å²) in [6.45, 7) is 6.74. The molecule has 1 N–H and O–H groups in total. The molecule has 2 rings (SSSR count). The summed E-state index contributed by atoms with van der Waals surface area (Å²) in [7, 11) is 2.11. The number of benzene rings is 1. The second-order valence-corrected chi connectivity index (χ2v) is 6.10. The lowest BCUT2D eigenvalue weighted by Crippen LogP contribution is -2.32. The van der Waals surface area contributed by atoms with Crippen molar-refractivity contribution >= 4 is 0 Å². The lowest BCUT2D eigenvalue weighted by atomic mass is 9.80. The molecule has 0 saturated heterocycles. The zero-order valence-corrected chi connectivity index (χ0v) is 12.3. The lowest BCUT2D eigenvalue weighted by Gasteiger charge is -2.29. The third-order valence-electron chi connectivity index (χ3n) is 4.52. The van der Waals surface area contributed by atoms with Gasteiger partial charge in [0.15, 0.2) is 0 Å². The summed E-state index contributed by atoms with van der Waals surface area (Å²) in [5, 5.41) is 3.46. The van der Waals surface area contributed by atoms with Crippen LogP contribution in [0.3, 0.4) is 0 Å². The van der Waals surface area contributed by atoms with Gasteiger partial charge in [-0.25, -0.2) is 0 Å². The van der Waals surface area contributed by atoms with Gasteiger partial charge in [0.1, 0.15) is 0 Å². The first-order valence-corrected chi connectivity index (χ1v) is 7.34. The van der Waals surface area contributed by atoms with Gasteiger partial charge in [-0.2, -0.15) is 0 Å². The highest BCUT2D eigenvalue weighted by molar-refractivity contribution is 5.37. The van der Waals surface area contributed by atoms with Crippen molar-refractivity contribution in [2.75, 3.05) is 7.05 Å². The summed E-state index contributed by atoms with van der Waals surface area (Å²) >= 11 is 0. The first-order valence-electron chi connectivity index (χ1n) is 7.34. The van der Waals surface area contributed by atoms with Gasteiger partial charge in [-0.3, -0.25) is 0 Å². The molecular formula is C17H27N. The predicted octanol–water partition coefficient (Wildman–Crippen LogP) is 3.93. The Morgan fingerprint density at radius 3 is 2.39 bits per heavy atom. The molecule has 1 aliphatic carbocycles. The molecule has 18 heavy (non-hydrogen) atoms. The van der Waals surface area contributed by atoms with E-state index in [1.807, 2.05) is 0 Å². The van der Waals surface area contributed by atoms with Gasteiger partial charge in [0, 0.05) is 6.04 Å². The van der Waals surface area contributed by atoms with Crippen LogP contribution in [-0.2, 0) is 6.42 Å². The standard InChI is InChI=1S/C17H27N/c1-12-8-13(2)17(14(3)9-12)11-15-6-5-7-16(10-15)18-4/h8-9,15-16,18H,5-7,10-11H2,1-4H3. The van der Waals surface area contributed by atoms with E-state index in [1.54, 1.807) is 5.56 Å². The van der Waals surface area contributed by atoms with Gasteiger partial charge in [0.25, 0.3) is 0 Å². The Kier molecular flexibility index (Phi) is 4.45. The molecule has 2 atom stereocenters. The first kappa shape index (κ1) is 13.6. The topological polar surface area (TPSA) is 12.0 Å². The van der Waals surface area contributed by atoms with Crippen molar-refractivity contribution < 1.29 is 0 Å². The molecule has 1 nitrogen and oxygen atoms in total. The summed E-state index contributed by atoms with van der Waals surface area (Å²) in [6, 6.07) is 5.41. The van der Waals surface area contributed by atoms with Crippen LogP contribution >= 0.6 is 0 Å². The van der Waals surface area contributed by atoms with Crippen LogP contribution in [0.4, 0.5) is 0 Å². The van der Waals surface area contributed by atoms with Gasteiger partial charge in [0.05, 0.1) is 0 Å². The van der Waals surface area contributed by atoms with E-state index in [1.165, 1.54) is 48.8 Å². The Morgan fingerprint density at radius 1 is 1.11 bits per heavy atom. The maximum Gasteiger partial charge on any atom is 0.00668 e. The minimum atomic E-state index is 0.745. The molecule has 1 aromatic rings. The van der Waals surface area contributed by atoms with Crippen molar-refractivity contribution in [3.05, 3.63) is 34.4 Å². The molecule has 1 fully saturated rings. The third kappa shape index (κ3) is 3.14. The lowest BCUT2D eigenvalue weighted by molar-refractivity contribution is 0.294. The second-order valence-electron chi connectivity index (χ2n) is 6.10. The van der Waals surface area contributed by atoms with Crippen LogP contribution in [0.25, 0.3) is 0 Å². The highest BCUT2D eigenvalue weighted by atomic mass is 14.9. The molecule has 0 aliphatic heterocycles. The molecule has 2 unspecified atom stereocenters. The Morgan fingerprint density at radius 2 is 1.78 bits per heavy atom. The average Bonchev–Trinajstić information content (AvgIpc) is 2.34. The van der Waals surface area contributed by atoms with Crippen molar-refractivity contribution in [3.63, 3.8) is 0 Å². The molecule has 1 aromatic carbocycles. The Labute approximate surface area is 112 Å². The van der Waals surface area contributed by atoms with Gasteiger partial charge in [-0.05, 0) is 69.7 Å². The fourth-order valence-corrected chi connectivity index (χ4v) is 3.56. The fraction of sp³-hybridized carbons (Fsp3) is 0.647. The van der Waals surface area contributed by atoms with Crippen molar-refractivity contribution in [1.29, 1.82) is 0 Å². The number of hydrogen-bond donors (Lipinski definition) is 1. The molecule has 1 heteroatoms. The van der Waals surface area contributed by atoms with Crippen LogP contribution in [0.5, 0.6) is 0 Å². The summed E-state index contributed by atoms with van der Waals surface area (Å²) in [6.07, 6.45) is 6.78. The van der Waals surface area contributed by atoms with E-state index in [9.17, 15) is 0 Å². The van der Waals surface area contributed by atoms with E-state index >= 15 is 0 Å². The van der Waals surface area contributed by atoms with Crippen LogP contribution in [-0.4, -0.2) is 13.1 Å². The van der Waals surface area contributed by atoms with Crippen molar-refractivity contribution in [2.45, 2.75) is 58.9 Å². The molecule has 0 aromatic heterocycles. The Hall–Kier alpha value is -0.820. The van der Waals surface area contributed by atoms with Crippen LogP contribution in [0.15, 0.2) is 12.1 Å². The summed E-state index contributed by atoms with van der Waals surface area (Å²) in [5.74, 6) is 0.872. The highest BCUT2D eigenvalue weighted by Crippen LogP contribution is 2.29. The molecule has 0 bridgehead atoms. The molecule has 0 heterocycles. The largest absolute Gasteiger partial charge is 0.317 e. The Balaban J connectivity index is 2.09. The minimum absolute atomic E-state index is 0.745. The zero-order valence-electron chi connectivity index (χ0n) is 12.3. The van der Waals surface area contributed by atoms with Gasteiger partial charge in [0.2, 0.25) is 0 Å². The molecule has 0 amide bonds. The van der Waals surface area contributed by atoms with Gasteiger partial charge < -0.3 is 5.32 Å². The van der Waals surface area contributed by atoms with Crippen LogP contribution in [0.1, 0.15) is 47.9 Å². The Bertz CT molecular complexity index is 385. The van der Waals surface area contributed by atoms with Crippen molar-refractivity contribution in [3.8, 4) is 0 Å². The quantitative estimate of drug-likeness (QED) is 0.850. The fourth-order valence-electron chi connectivity index (χ4n) is 3.56. The summed E-state index contributed by atoms with van der Waals surface area (Å²) < 4.78 is 0. The number of nitrogens with one attached hydrogen (secondary N) is 1. The van der Waals surface area contributed by atoms with E-state index in [0.29, 0.717) is 0 Å². The number of hydrogen-bond acceptors (Lipinski definition) is 1. The van der Waals surface area contributed by atoms with E-state index in [2.05, 4.69) is 45.3 Å². The molecular weight excluding hydrogens is 218 g/mol. The van der Waals surface area contributed by atoms with Crippen LogP contribution in [0, 0.1) is 26.7 Å². The predicted molar refractivity (Wildman–Crippen MR) is 79.2 cm³/mol. The molecule has 1 saturated carbocycles. The second kappa shape index (κ2) is 5.88. The summed E-state index contributed by atoms with van der Waals surface area (Å²) in [5.41, 5.74) is 5.96. The first-order chi connectivity index (χ1) is 8.60. The SMILES string of the molecule is CNC1CCCC(Cc2c(C)cc(C)cc2C)C1. The molecule has 100 valence electrons. The van der Waals surface area contributed by atoms with E-state index in [-0.39, 0.29) is 0 Å². The van der Waals surface area contributed by atoms with E-state index < -0.39 is 0 Å². The number of rotatable bonds is 3. The van der Waals surface area contributed by atoms with Crippen LogP contribution < -0.4 is 5.32 Å². The smallest absolute Gasteiger partial charge is 0.00668 e. The van der Waals surface area contributed by atoms with Gasteiger partial charge in [-0.15, -0.1) is 0 Å². The average molecular weight is 245 g/mol. The van der Waals surface area contributed by atoms with Crippen LogP contribution in [0.2, 0.25) is 0 Å². The van der Waals surface area contributed by atoms with E-state index in [0.717, 1.165) is 12.0 Å². The normalized spacial score (nSPS) is 24.2. The summed E-state index contributed by atoms with van der Waals surface area (Å²) in [4.78, 5) is 0. The van der Waals surface area contributed by atoms with Crippen molar-refractivity contribution in [1.82, 2.24) is 5.32 Å². The number of aryl methyl sites for hydroxylation is 3. The van der Waals surface area contributed by atoms with Crippen molar-refractivity contribution in [2.24, 2.45) is 5.92 Å². The maximum absolute atomic E-state index is 3.46. The van der Waals surface area contributed by atoms with Gasteiger partial charge >= 0.3 is 0 Å². The maximum atomic E-state index is 3.46. The minimum Gasteiger partial charge on any atom is -0.317 e. The third-order valence-corrected chi connectivity index (χ3v) is 4.52. The molecule has 0 spiro atoms. The zero-order chi connectivity index (χ0) is 13.1.